The van der Waals surface area contributed by atoms with Crippen molar-refractivity contribution in [3.05, 3.63) is 48.2 Å². The topological polar surface area (TPSA) is 54.5 Å². The highest BCUT2D eigenvalue weighted by molar-refractivity contribution is 6.69. The largest absolute Gasteiger partial charge is 0.479 e. The van der Waals surface area contributed by atoms with Crippen LogP contribution in [-0.2, 0) is 0 Å². The minimum atomic E-state index is -0.491. The number of benzene rings is 1. The predicted molar refractivity (Wildman–Crippen MR) is 76.2 cm³/mol. The Morgan fingerprint density at radius 2 is 2.15 bits per heavy atom. The standard InChI is InChI=1S/C15H9ClN2O2/c16-15(19)14-11-5-4-10(20-8-6-17)9-13(11)18-7-2-1-3-12(14)18/h1-5,7,9H,8H2. The summed E-state index contributed by atoms with van der Waals surface area (Å²) < 4.78 is 7.17. The van der Waals surface area contributed by atoms with E-state index in [1.807, 2.05) is 34.9 Å². The summed E-state index contributed by atoms with van der Waals surface area (Å²) in [4.78, 5) is 11.7. The van der Waals surface area contributed by atoms with Crippen LogP contribution in [0.25, 0.3) is 16.4 Å². The molecule has 0 aliphatic rings. The second-order valence-electron chi connectivity index (χ2n) is 4.23. The number of carbonyl (C=O) groups is 1. The number of hydrogen-bond donors (Lipinski definition) is 0. The van der Waals surface area contributed by atoms with E-state index in [1.165, 1.54) is 0 Å². The van der Waals surface area contributed by atoms with Gasteiger partial charge >= 0.3 is 0 Å². The van der Waals surface area contributed by atoms with E-state index in [2.05, 4.69) is 0 Å². The SMILES string of the molecule is N#CCOc1ccc2c(C(=O)Cl)c3ccccn3c2c1. The average Bonchev–Trinajstić information content (AvgIpc) is 2.79. The number of nitriles is 1. The number of ether oxygens (including phenoxy) is 1. The normalized spacial score (nSPS) is 10.6. The van der Waals surface area contributed by atoms with Gasteiger partial charge in [0.2, 0.25) is 0 Å². The molecule has 0 unspecified atom stereocenters. The van der Waals surface area contributed by atoms with E-state index in [9.17, 15) is 4.79 Å². The molecule has 2 heterocycles. The minimum Gasteiger partial charge on any atom is -0.479 e. The van der Waals surface area contributed by atoms with Crippen LogP contribution in [0.3, 0.4) is 0 Å². The molecule has 4 nitrogen and oxygen atoms in total. The first-order valence-electron chi connectivity index (χ1n) is 5.95. The van der Waals surface area contributed by atoms with E-state index in [0.717, 1.165) is 16.4 Å². The Kier molecular flexibility index (Phi) is 3.05. The minimum absolute atomic E-state index is 0.0177. The molecule has 2 aromatic heterocycles. The zero-order valence-electron chi connectivity index (χ0n) is 10.3. The zero-order valence-corrected chi connectivity index (χ0v) is 11.1. The van der Waals surface area contributed by atoms with Crippen LogP contribution in [-0.4, -0.2) is 16.3 Å². The molecule has 0 aliphatic carbocycles. The quantitative estimate of drug-likeness (QED) is 0.693. The van der Waals surface area contributed by atoms with E-state index in [4.69, 9.17) is 21.6 Å². The summed E-state index contributed by atoms with van der Waals surface area (Å²) in [7, 11) is 0. The van der Waals surface area contributed by atoms with E-state index >= 15 is 0 Å². The van der Waals surface area contributed by atoms with Gasteiger partial charge in [-0.05, 0) is 35.9 Å². The lowest BCUT2D eigenvalue weighted by Crippen LogP contribution is -1.93. The van der Waals surface area contributed by atoms with Crippen LogP contribution in [0, 0.1) is 11.3 Å². The predicted octanol–water partition coefficient (Wildman–Crippen LogP) is 3.37. The molecule has 0 aliphatic heterocycles. The third kappa shape index (κ3) is 1.89. The Bertz CT molecular complexity index is 861. The van der Waals surface area contributed by atoms with Crippen molar-refractivity contribution in [1.82, 2.24) is 4.40 Å². The summed E-state index contributed by atoms with van der Waals surface area (Å²) >= 11 is 5.70. The molecule has 0 fully saturated rings. The molecule has 0 radical (unpaired) electrons. The first-order valence-corrected chi connectivity index (χ1v) is 6.32. The van der Waals surface area contributed by atoms with Gasteiger partial charge < -0.3 is 9.14 Å². The molecule has 0 spiro atoms. The zero-order chi connectivity index (χ0) is 14.1. The highest BCUT2D eigenvalue weighted by Gasteiger charge is 2.16. The van der Waals surface area contributed by atoms with Gasteiger partial charge in [-0.15, -0.1) is 0 Å². The average molecular weight is 285 g/mol. The fourth-order valence-electron chi connectivity index (χ4n) is 2.33. The van der Waals surface area contributed by atoms with Gasteiger partial charge in [0, 0.05) is 17.6 Å². The van der Waals surface area contributed by atoms with Crippen molar-refractivity contribution in [3.8, 4) is 11.8 Å². The number of nitrogens with zero attached hydrogens (tertiary/aromatic N) is 2. The van der Waals surface area contributed by atoms with E-state index in [0.29, 0.717) is 11.3 Å². The van der Waals surface area contributed by atoms with Crippen LogP contribution in [0.1, 0.15) is 10.4 Å². The number of aromatic nitrogens is 1. The lowest BCUT2D eigenvalue weighted by molar-refractivity contribution is 0.108. The lowest BCUT2D eigenvalue weighted by atomic mass is 10.1. The lowest BCUT2D eigenvalue weighted by Gasteiger charge is -2.02. The van der Waals surface area contributed by atoms with Crippen molar-refractivity contribution in [2.75, 3.05) is 6.61 Å². The molecule has 0 N–H and O–H groups in total. The second-order valence-corrected chi connectivity index (χ2v) is 4.57. The Labute approximate surface area is 119 Å². The molecule has 0 atom stereocenters. The second kappa shape index (κ2) is 4.87. The smallest absolute Gasteiger partial charge is 0.255 e. The molecule has 20 heavy (non-hydrogen) atoms. The van der Waals surface area contributed by atoms with Gasteiger partial charge in [0.25, 0.3) is 5.24 Å². The van der Waals surface area contributed by atoms with Gasteiger partial charge in [-0.1, -0.05) is 6.07 Å². The van der Waals surface area contributed by atoms with Gasteiger partial charge in [0.05, 0.1) is 16.6 Å². The van der Waals surface area contributed by atoms with Crippen LogP contribution in [0.2, 0.25) is 0 Å². The summed E-state index contributed by atoms with van der Waals surface area (Å²) in [6.07, 6.45) is 1.86. The van der Waals surface area contributed by atoms with Gasteiger partial charge in [0.15, 0.2) is 6.61 Å². The van der Waals surface area contributed by atoms with Gasteiger partial charge in [-0.2, -0.15) is 5.26 Å². The fraction of sp³-hybridized carbons (Fsp3) is 0.0667. The van der Waals surface area contributed by atoms with Crippen LogP contribution < -0.4 is 4.74 Å². The third-order valence-corrected chi connectivity index (χ3v) is 3.30. The summed E-state index contributed by atoms with van der Waals surface area (Å²) in [5, 5.41) is 8.82. The van der Waals surface area contributed by atoms with Crippen LogP contribution >= 0.6 is 11.6 Å². The Hall–Kier alpha value is -2.51. The Morgan fingerprint density at radius 3 is 2.90 bits per heavy atom. The van der Waals surface area contributed by atoms with E-state index < -0.39 is 5.24 Å². The maximum absolute atomic E-state index is 11.7. The summed E-state index contributed by atoms with van der Waals surface area (Å²) in [6, 6.07) is 12.8. The molecule has 0 saturated carbocycles. The number of fused-ring (bicyclic) bond motifs is 3. The summed E-state index contributed by atoms with van der Waals surface area (Å²) in [5.41, 5.74) is 2.05. The number of halogens is 1. The number of carbonyl (C=O) groups excluding carboxylic acids is 1. The van der Waals surface area contributed by atoms with Crippen LogP contribution in [0.15, 0.2) is 42.6 Å². The third-order valence-electron chi connectivity index (χ3n) is 3.11. The molecule has 3 aromatic rings. The van der Waals surface area contributed by atoms with Crippen LogP contribution in [0.5, 0.6) is 5.75 Å². The van der Waals surface area contributed by atoms with Crippen molar-refractivity contribution in [2.45, 2.75) is 0 Å². The van der Waals surface area contributed by atoms with Crippen molar-refractivity contribution in [1.29, 1.82) is 5.26 Å². The van der Waals surface area contributed by atoms with E-state index in [-0.39, 0.29) is 6.61 Å². The van der Waals surface area contributed by atoms with Gasteiger partial charge in [-0.3, -0.25) is 4.79 Å². The Morgan fingerprint density at radius 1 is 1.30 bits per heavy atom. The monoisotopic (exact) mass is 284 g/mol. The summed E-state index contributed by atoms with van der Waals surface area (Å²) in [5.74, 6) is 0.580. The molecule has 98 valence electrons. The molecule has 0 amide bonds. The molecule has 1 aromatic carbocycles. The first-order chi connectivity index (χ1) is 9.72. The van der Waals surface area contributed by atoms with Crippen molar-refractivity contribution in [2.24, 2.45) is 0 Å². The molecule has 3 rings (SSSR count). The summed E-state index contributed by atoms with van der Waals surface area (Å²) in [6.45, 7) is -0.0177. The van der Waals surface area contributed by atoms with E-state index in [1.54, 1.807) is 18.2 Å². The fourth-order valence-corrected chi connectivity index (χ4v) is 2.53. The number of hydrogen-bond acceptors (Lipinski definition) is 3. The molecular weight excluding hydrogens is 276 g/mol. The number of rotatable bonds is 3. The van der Waals surface area contributed by atoms with Crippen molar-refractivity contribution in [3.63, 3.8) is 0 Å². The number of pyridine rings is 1. The first kappa shape index (κ1) is 12.5. The highest BCUT2D eigenvalue weighted by atomic mass is 35.5. The maximum atomic E-state index is 11.7. The Balaban J connectivity index is 2.32. The molecule has 0 saturated heterocycles. The molecular formula is C15H9ClN2O2. The van der Waals surface area contributed by atoms with Gasteiger partial charge in [-0.25, -0.2) is 0 Å². The maximum Gasteiger partial charge on any atom is 0.255 e. The van der Waals surface area contributed by atoms with Crippen molar-refractivity contribution >= 4 is 33.3 Å². The highest BCUT2D eigenvalue weighted by Crippen LogP contribution is 2.30. The van der Waals surface area contributed by atoms with Crippen LogP contribution in [0.4, 0.5) is 0 Å². The molecule has 5 heteroatoms. The van der Waals surface area contributed by atoms with Gasteiger partial charge in [0.1, 0.15) is 11.8 Å². The van der Waals surface area contributed by atoms with Crippen molar-refractivity contribution < 1.29 is 9.53 Å². The molecule has 0 bridgehead atoms.